The molecule has 0 unspecified atom stereocenters. The fraction of sp³-hybridized carbons (Fsp3) is 0.879. The van der Waals surface area contributed by atoms with Crippen LogP contribution in [-0.2, 0) is 0 Å². The third kappa shape index (κ3) is 4.09. The van der Waals surface area contributed by atoms with Gasteiger partial charge in [-0.3, -0.25) is 0 Å². The molecule has 4 aliphatic carbocycles. The first-order valence-corrected chi connectivity index (χ1v) is 14.8. The van der Waals surface area contributed by atoms with Crippen molar-refractivity contribution >= 4 is 0 Å². The number of aliphatic hydroxyl groups is 1. The second-order valence-corrected chi connectivity index (χ2v) is 14.9. The smallest absolute Gasteiger partial charge is 0.0653 e. The van der Waals surface area contributed by atoms with Gasteiger partial charge in [0.1, 0.15) is 0 Å². The third-order valence-corrected chi connectivity index (χ3v) is 12.8. The largest absolute Gasteiger partial charge is 0.390 e. The van der Waals surface area contributed by atoms with Gasteiger partial charge in [-0.15, -0.1) is 6.58 Å². The van der Waals surface area contributed by atoms with E-state index in [1.807, 2.05) is 6.08 Å². The van der Waals surface area contributed by atoms with E-state index in [0.29, 0.717) is 33.5 Å². The molecule has 4 aliphatic rings. The summed E-state index contributed by atoms with van der Waals surface area (Å²) in [6, 6.07) is 0. The molecule has 4 fully saturated rings. The van der Waals surface area contributed by atoms with Crippen LogP contribution in [0, 0.1) is 45.3 Å². The van der Waals surface area contributed by atoms with Crippen molar-refractivity contribution in [2.45, 2.75) is 138 Å². The van der Waals surface area contributed by atoms with Crippen LogP contribution in [0.3, 0.4) is 0 Å². The van der Waals surface area contributed by atoms with Gasteiger partial charge < -0.3 is 5.11 Å². The van der Waals surface area contributed by atoms with E-state index < -0.39 is 5.60 Å². The molecule has 0 bridgehead atoms. The van der Waals surface area contributed by atoms with Crippen LogP contribution in [0.15, 0.2) is 24.3 Å². The van der Waals surface area contributed by atoms with E-state index >= 15 is 0 Å². The maximum Gasteiger partial charge on any atom is 0.0653 e. The van der Waals surface area contributed by atoms with Crippen molar-refractivity contribution in [1.29, 1.82) is 0 Å². The predicted octanol–water partition coefficient (Wildman–Crippen LogP) is 9.51. The van der Waals surface area contributed by atoms with Crippen LogP contribution < -0.4 is 0 Å². The molecule has 4 saturated carbocycles. The normalized spacial score (nSPS) is 45.6. The van der Waals surface area contributed by atoms with E-state index in [9.17, 15) is 5.11 Å². The highest BCUT2D eigenvalue weighted by Crippen LogP contribution is 2.75. The summed E-state index contributed by atoms with van der Waals surface area (Å²) >= 11 is 0. The molecular weight excluding hydrogens is 412 g/mol. The summed E-state index contributed by atoms with van der Waals surface area (Å²) in [5.74, 6) is 2.90. The molecular formula is C33H56O. The number of allylic oxidation sites excluding steroid dienone is 3. The second kappa shape index (κ2) is 9.08. The first-order valence-electron chi connectivity index (χ1n) is 14.8. The Bertz CT molecular complexity index is 788. The SMILES string of the molecule is C=CCC/C(C)=C/CC[C@](C)(O)[C@H]1CC[C@]2(C)[C@@H]1CC[C@@H]1[C@@]3(C)CCCC(C)(C)[C@@H]3CC[C@]12C. The second-order valence-electron chi connectivity index (χ2n) is 14.9. The van der Waals surface area contributed by atoms with E-state index in [1.165, 1.54) is 63.4 Å². The molecule has 0 aromatic rings. The third-order valence-electron chi connectivity index (χ3n) is 12.8. The van der Waals surface area contributed by atoms with Crippen molar-refractivity contribution in [3.05, 3.63) is 24.3 Å². The summed E-state index contributed by atoms with van der Waals surface area (Å²) in [7, 11) is 0. The molecule has 0 aliphatic heterocycles. The quantitative estimate of drug-likeness (QED) is 0.369. The average molecular weight is 469 g/mol. The Kier molecular flexibility index (Phi) is 7.07. The molecule has 0 radical (unpaired) electrons. The van der Waals surface area contributed by atoms with Crippen molar-refractivity contribution in [1.82, 2.24) is 0 Å². The van der Waals surface area contributed by atoms with Crippen molar-refractivity contribution < 1.29 is 5.11 Å². The van der Waals surface area contributed by atoms with E-state index in [1.54, 1.807) is 0 Å². The zero-order valence-electron chi connectivity index (χ0n) is 23.8. The number of fused-ring (bicyclic) bond motifs is 5. The van der Waals surface area contributed by atoms with Gasteiger partial charge in [0.25, 0.3) is 0 Å². The van der Waals surface area contributed by atoms with Gasteiger partial charge in [-0.2, -0.15) is 0 Å². The van der Waals surface area contributed by atoms with E-state index in [4.69, 9.17) is 0 Å². The standard InChI is InChI=1S/C33H56O/c1-9-10-13-24(2)14-11-21-33(8,34)26-17-22-31(6)25(26)15-16-28-30(5)20-12-19-29(3,4)27(30)18-23-32(28,31)7/h9,14,25-28,34H,1,10-13,15-23H2,2-8H3/b24-14+/t25-,26+,27+,28-,30+,31-,32-,33+/m1/s1. The van der Waals surface area contributed by atoms with Crippen molar-refractivity contribution in [2.75, 3.05) is 0 Å². The van der Waals surface area contributed by atoms with Crippen molar-refractivity contribution in [3.63, 3.8) is 0 Å². The zero-order chi connectivity index (χ0) is 25.0. The fourth-order valence-corrected chi connectivity index (χ4v) is 10.8. The lowest BCUT2D eigenvalue weighted by atomic mass is 9.35. The Hall–Kier alpha value is -0.560. The van der Waals surface area contributed by atoms with Crippen LogP contribution in [0.5, 0.6) is 0 Å². The molecule has 0 aromatic heterocycles. The first kappa shape index (κ1) is 26.5. The number of rotatable bonds is 7. The van der Waals surface area contributed by atoms with E-state index in [2.05, 4.69) is 61.1 Å². The monoisotopic (exact) mass is 468 g/mol. The summed E-state index contributed by atoms with van der Waals surface area (Å²) in [4.78, 5) is 0. The molecule has 4 rings (SSSR count). The van der Waals surface area contributed by atoms with Gasteiger partial charge in [0.05, 0.1) is 5.60 Å². The van der Waals surface area contributed by atoms with Gasteiger partial charge in [-0.05, 0) is 136 Å². The van der Waals surface area contributed by atoms with E-state index in [0.717, 1.165) is 37.5 Å². The zero-order valence-corrected chi connectivity index (χ0v) is 23.8. The lowest BCUT2D eigenvalue weighted by molar-refractivity contribution is -0.208. The molecule has 34 heavy (non-hydrogen) atoms. The fourth-order valence-electron chi connectivity index (χ4n) is 10.8. The lowest BCUT2D eigenvalue weighted by Crippen LogP contribution is -2.62. The minimum absolute atomic E-state index is 0.385. The minimum Gasteiger partial charge on any atom is -0.390 e. The predicted molar refractivity (Wildman–Crippen MR) is 147 cm³/mol. The maximum atomic E-state index is 11.8. The molecule has 8 atom stereocenters. The number of hydrogen-bond acceptors (Lipinski definition) is 1. The molecule has 0 aromatic carbocycles. The molecule has 0 saturated heterocycles. The highest BCUT2D eigenvalue weighted by molar-refractivity contribution is 5.17. The summed E-state index contributed by atoms with van der Waals surface area (Å²) in [6.07, 6.45) is 20.9. The topological polar surface area (TPSA) is 20.2 Å². The highest BCUT2D eigenvalue weighted by Gasteiger charge is 2.68. The van der Waals surface area contributed by atoms with Crippen LogP contribution in [-0.4, -0.2) is 10.7 Å². The van der Waals surface area contributed by atoms with Crippen LogP contribution >= 0.6 is 0 Å². The van der Waals surface area contributed by atoms with Gasteiger partial charge >= 0.3 is 0 Å². The number of hydrogen-bond donors (Lipinski definition) is 1. The van der Waals surface area contributed by atoms with E-state index in [-0.39, 0.29) is 0 Å². The van der Waals surface area contributed by atoms with Crippen LogP contribution in [0.2, 0.25) is 0 Å². The lowest BCUT2D eigenvalue weighted by Gasteiger charge is -2.69. The van der Waals surface area contributed by atoms with Crippen molar-refractivity contribution in [2.24, 2.45) is 45.3 Å². The van der Waals surface area contributed by atoms with Gasteiger partial charge in [0.2, 0.25) is 0 Å². The van der Waals surface area contributed by atoms with Gasteiger partial charge in [-0.25, -0.2) is 0 Å². The van der Waals surface area contributed by atoms with Gasteiger partial charge in [0, 0.05) is 0 Å². The summed E-state index contributed by atoms with van der Waals surface area (Å²) in [5.41, 5.74) is 2.73. The Morgan fingerprint density at radius 2 is 1.62 bits per heavy atom. The van der Waals surface area contributed by atoms with Crippen LogP contribution in [0.4, 0.5) is 0 Å². The van der Waals surface area contributed by atoms with Gasteiger partial charge in [0.15, 0.2) is 0 Å². The minimum atomic E-state index is -0.547. The Morgan fingerprint density at radius 3 is 2.32 bits per heavy atom. The summed E-state index contributed by atoms with van der Waals surface area (Å²) in [5, 5.41) is 11.8. The molecule has 1 nitrogen and oxygen atoms in total. The van der Waals surface area contributed by atoms with Crippen molar-refractivity contribution in [3.8, 4) is 0 Å². The van der Waals surface area contributed by atoms with Crippen LogP contribution in [0.1, 0.15) is 132 Å². The Balaban J connectivity index is 1.52. The first-order chi connectivity index (χ1) is 15.8. The molecule has 194 valence electrons. The summed E-state index contributed by atoms with van der Waals surface area (Å²) < 4.78 is 0. The Labute approximate surface area is 212 Å². The highest BCUT2D eigenvalue weighted by atomic mass is 16.3. The average Bonchev–Trinajstić information content (AvgIpc) is 3.11. The van der Waals surface area contributed by atoms with Gasteiger partial charge in [-0.1, -0.05) is 58.8 Å². The molecule has 0 amide bonds. The van der Waals surface area contributed by atoms with Crippen LogP contribution in [0.25, 0.3) is 0 Å². The maximum absolute atomic E-state index is 11.8. The molecule has 1 heteroatoms. The summed E-state index contributed by atoms with van der Waals surface area (Å²) in [6.45, 7) is 21.5. The molecule has 0 spiro atoms. The Morgan fingerprint density at radius 1 is 0.912 bits per heavy atom. The molecule has 1 N–H and O–H groups in total. The molecule has 0 heterocycles.